The number of likely N-dealkylation sites (tertiary alicyclic amines) is 1. The number of aryl methyl sites for hydroxylation is 1. The van der Waals surface area contributed by atoms with E-state index in [0.717, 1.165) is 42.5 Å². The van der Waals surface area contributed by atoms with Gasteiger partial charge in [-0.2, -0.15) is 0 Å². The van der Waals surface area contributed by atoms with E-state index in [1.165, 1.54) is 11.1 Å². The topological polar surface area (TPSA) is 81.6 Å². The molecule has 0 radical (unpaired) electrons. The van der Waals surface area contributed by atoms with Crippen molar-refractivity contribution in [2.45, 2.75) is 31.4 Å². The van der Waals surface area contributed by atoms with Gasteiger partial charge in [-0.1, -0.05) is 30.3 Å². The summed E-state index contributed by atoms with van der Waals surface area (Å²) in [5.74, 6) is 0.0943. The number of aromatic amines is 1. The minimum Gasteiger partial charge on any atom is -0.392 e. The third kappa shape index (κ3) is 3.79. The molecule has 2 aliphatic rings. The lowest BCUT2D eigenvalue weighted by atomic mass is 9.91. The number of β-amino-alcohol motifs (C(OH)–C–C–N with tert-alkyl or cyclic N) is 1. The molecule has 31 heavy (non-hydrogen) atoms. The van der Waals surface area contributed by atoms with Gasteiger partial charge in [0.1, 0.15) is 0 Å². The largest absolute Gasteiger partial charge is 0.392 e. The lowest BCUT2D eigenvalue weighted by Gasteiger charge is -2.39. The lowest BCUT2D eigenvalue weighted by molar-refractivity contribution is -0.133. The van der Waals surface area contributed by atoms with Gasteiger partial charge in [0.15, 0.2) is 0 Å². The van der Waals surface area contributed by atoms with E-state index in [4.69, 9.17) is 0 Å². The molecule has 3 aromatic rings. The van der Waals surface area contributed by atoms with E-state index >= 15 is 0 Å². The van der Waals surface area contributed by atoms with Crippen LogP contribution in [0, 0.1) is 0 Å². The number of fused-ring (bicyclic) bond motifs is 2. The molecule has 2 atom stereocenters. The summed E-state index contributed by atoms with van der Waals surface area (Å²) in [6, 6.07) is 14.1. The average molecular weight is 421 g/mol. The fourth-order valence-corrected chi connectivity index (χ4v) is 5.04. The van der Waals surface area contributed by atoms with Gasteiger partial charge in [-0.25, -0.2) is 4.79 Å². The minimum atomic E-state index is -0.275. The molecule has 1 fully saturated rings. The lowest BCUT2D eigenvalue weighted by Crippen LogP contribution is -2.45. The van der Waals surface area contributed by atoms with Gasteiger partial charge in [-0.05, 0) is 41.7 Å². The predicted octanol–water partition coefficient (Wildman–Crippen LogP) is 1.60. The van der Waals surface area contributed by atoms with Crippen LogP contribution in [0.4, 0.5) is 0 Å². The number of amides is 1. The number of hydrogen-bond acceptors (Lipinski definition) is 4. The van der Waals surface area contributed by atoms with Crippen molar-refractivity contribution in [3.8, 4) is 0 Å². The molecule has 3 heterocycles. The molecule has 162 valence electrons. The summed E-state index contributed by atoms with van der Waals surface area (Å²) in [5.41, 5.74) is 4.85. The van der Waals surface area contributed by atoms with Gasteiger partial charge in [0.25, 0.3) is 0 Å². The predicted molar refractivity (Wildman–Crippen MR) is 119 cm³/mol. The highest BCUT2D eigenvalue weighted by Crippen LogP contribution is 2.32. The van der Waals surface area contributed by atoms with Crippen molar-refractivity contribution in [2.75, 3.05) is 26.2 Å². The third-order valence-corrected chi connectivity index (χ3v) is 6.74. The second kappa shape index (κ2) is 7.98. The zero-order valence-electron chi connectivity index (χ0n) is 17.8. The molecule has 1 amide bonds. The molecule has 5 rings (SSSR count). The van der Waals surface area contributed by atoms with Crippen LogP contribution in [0.1, 0.15) is 29.2 Å². The van der Waals surface area contributed by atoms with E-state index in [0.29, 0.717) is 19.5 Å². The minimum absolute atomic E-state index is 0.0111. The molecule has 0 saturated carbocycles. The van der Waals surface area contributed by atoms with Gasteiger partial charge >= 0.3 is 5.69 Å². The first-order valence-electron chi connectivity index (χ1n) is 10.9. The standard InChI is InChI=1S/C24H28N4O3/c1-26-21-7-6-16(12-20(21)25-24(26)31)13-23(30)28-11-8-17-4-2-3-5-19(17)22(28)15-27-10-9-18(29)14-27/h2-7,12,18,22,29H,8-11,13-15H2,1H3,(H,25,31)/t18-,22?/m0/s1. The average Bonchev–Trinajstić information content (AvgIpc) is 3.30. The van der Waals surface area contributed by atoms with Crippen LogP contribution in [0.25, 0.3) is 11.0 Å². The van der Waals surface area contributed by atoms with Crippen molar-refractivity contribution >= 4 is 16.9 Å². The Bertz CT molecular complexity index is 1180. The van der Waals surface area contributed by atoms with Gasteiger partial charge in [0, 0.05) is 33.2 Å². The highest BCUT2D eigenvalue weighted by Gasteiger charge is 2.33. The Morgan fingerprint density at radius 1 is 1.19 bits per heavy atom. The zero-order chi connectivity index (χ0) is 21.5. The number of aliphatic hydroxyl groups is 1. The molecule has 7 heteroatoms. The number of rotatable bonds is 4. The number of H-pyrrole nitrogens is 1. The van der Waals surface area contributed by atoms with Crippen molar-refractivity contribution in [3.63, 3.8) is 0 Å². The van der Waals surface area contributed by atoms with Crippen LogP contribution in [-0.4, -0.2) is 62.6 Å². The molecule has 2 aliphatic heterocycles. The number of imidazole rings is 1. The molecule has 7 nitrogen and oxygen atoms in total. The van der Waals surface area contributed by atoms with Crippen LogP contribution in [-0.2, 0) is 24.7 Å². The van der Waals surface area contributed by atoms with E-state index in [-0.39, 0.29) is 23.7 Å². The number of hydrogen-bond donors (Lipinski definition) is 2. The number of carbonyl (C=O) groups is 1. The van der Waals surface area contributed by atoms with Gasteiger partial charge in [0.05, 0.1) is 29.6 Å². The maximum absolute atomic E-state index is 13.4. The summed E-state index contributed by atoms with van der Waals surface area (Å²) < 4.78 is 1.57. The molecule has 1 unspecified atom stereocenters. The van der Waals surface area contributed by atoms with Crippen LogP contribution >= 0.6 is 0 Å². The summed E-state index contributed by atoms with van der Waals surface area (Å²) in [5, 5.41) is 9.95. The van der Waals surface area contributed by atoms with Crippen LogP contribution in [0.2, 0.25) is 0 Å². The molecule has 0 spiro atoms. The molecule has 2 aromatic carbocycles. The first-order chi connectivity index (χ1) is 15.0. The second-order valence-electron chi connectivity index (χ2n) is 8.77. The summed E-state index contributed by atoms with van der Waals surface area (Å²) in [6.45, 7) is 2.96. The Hall–Kier alpha value is -2.90. The molecule has 2 N–H and O–H groups in total. The van der Waals surface area contributed by atoms with E-state index in [1.54, 1.807) is 11.6 Å². The molecular weight excluding hydrogens is 392 g/mol. The zero-order valence-corrected chi connectivity index (χ0v) is 17.8. The Balaban J connectivity index is 1.40. The maximum atomic E-state index is 13.4. The summed E-state index contributed by atoms with van der Waals surface area (Å²) in [4.78, 5) is 32.4. The fraction of sp³-hybridized carbons (Fsp3) is 0.417. The normalized spacial score (nSPS) is 21.5. The summed E-state index contributed by atoms with van der Waals surface area (Å²) in [7, 11) is 1.73. The van der Waals surface area contributed by atoms with Gasteiger partial charge in [-0.3, -0.25) is 14.3 Å². The molecular formula is C24H28N4O3. The monoisotopic (exact) mass is 420 g/mol. The van der Waals surface area contributed by atoms with E-state index < -0.39 is 0 Å². The van der Waals surface area contributed by atoms with E-state index in [9.17, 15) is 14.7 Å². The van der Waals surface area contributed by atoms with E-state index in [2.05, 4.69) is 28.1 Å². The Kier molecular flexibility index (Phi) is 5.16. The number of aromatic nitrogens is 2. The smallest absolute Gasteiger partial charge is 0.326 e. The summed E-state index contributed by atoms with van der Waals surface area (Å²) in [6.07, 6.45) is 1.67. The third-order valence-electron chi connectivity index (χ3n) is 6.74. The Morgan fingerprint density at radius 3 is 2.84 bits per heavy atom. The number of aliphatic hydroxyl groups excluding tert-OH is 1. The van der Waals surface area contributed by atoms with Crippen LogP contribution in [0.15, 0.2) is 47.3 Å². The number of nitrogens with one attached hydrogen (secondary N) is 1. The number of nitrogens with zero attached hydrogens (tertiary/aromatic N) is 3. The first kappa shape index (κ1) is 20.0. The molecule has 0 aliphatic carbocycles. The van der Waals surface area contributed by atoms with Crippen LogP contribution in [0.5, 0.6) is 0 Å². The summed E-state index contributed by atoms with van der Waals surface area (Å²) >= 11 is 0. The SMILES string of the molecule is Cn1c(=O)[nH]c2cc(CC(=O)N3CCc4ccccc4C3CN3CC[C@H](O)C3)ccc21. The maximum Gasteiger partial charge on any atom is 0.326 e. The molecule has 1 aromatic heterocycles. The van der Waals surface area contributed by atoms with Gasteiger partial charge in [0.2, 0.25) is 5.91 Å². The quantitative estimate of drug-likeness (QED) is 0.672. The molecule has 1 saturated heterocycles. The first-order valence-corrected chi connectivity index (χ1v) is 10.9. The van der Waals surface area contributed by atoms with Crippen molar-refractivity contribution in [1.82, 2.24) is 19.4 Å². The van der Waals surface area contributed by atoms with E-state index in [1.807, 2.05) is 29.2 Å². The van der Waals surface area contributed by atoms with Crippen LogP contribution < -0.4 is 5.69 Å². The number of carbonyl (C=O) groups excluding carboxylic acids is 1. The highest BCUT2D eigenvalue weighted by molar-refractivity contribution is 5.82. The molecule has 0 bridgehead atoms. The van der Waals surface area contributed by atoms with Crippen molar-refractivity contribution in [1.29, 1.82) is 0 Å². The van der Waals surface area contributed by atoms with Crippen molar-refractivity contribution < 1.29 is 9.90 Å². The Labute approximate surface area is 180 Å². The van der Waals surface area contributed by atoms with Crippen molar-refractivity contribution in [3.05, 3.63) is 69.6 Å². The number of benzene rings is 2. The second-order valence-corrected chi connectivity index (χ2v) is 8.77. The van der Waals surface area contributed by atoms with Gasteiger partial charge < -0.3 is 15.0 Å². The van der Waals surface area contributed by atoms with Crippen LogP contribution in [0.3, 0.4) is 0 Å². The fourth-order valence-electron chi connectivity index (χ4n) is 5.04. The highest BCUT2D eigenvalue weighted by atomic mass is 16.3. The van der Waals surface area contributed by atoms with Crippen molar-refractivity contribution in [2.24, 2.45) is 7.05 Å². The Morgan fingerprint density at radius 2 is 2.03 bits per heavy atom. The van der Waals surface area contributed by atoms with Gasteiger partial charge in [-0.15, -0.1) is 0 Å².